The fraction of sp³-hybridized carbons (Fsp3) is 0.778. The Morgan fingerprint density at radius 3 is 2.00 bits per heavy atom. The van der Waals surface area contributed by atoms with Gasteiger partial charge in [-0.05, 0) is 31.1 Å². The molecular formula is C9H11NO2. The van der Waals surface area contributed by atoms with Crippen LogP contribution in [0.5, 0.6) is 0 Å². The van der Waals surface area contributed by atoms with Crippen molar-refractivity contribution in [2.45, 2.75) is 19.3 Å². The van der Waals surface area contributed by atoms with Gasteiger partial charge in [-0.3, -0.25) is 14.9 Å². The van der Waals surface area contributed by atoms with Crippen LogP contribution in [-0.4, -0.2) is 11.8 Å². The number of nitrogens with one attached hydrogen (secondary N) is 1. The third-order valence-corrected chi connectivity index (χ3v) is 3.77. The number of amides is 2. The molecule has 1 aliphatic heterocycles. The highest BCUT2D eigenvalue weighted by Gasteiger charge is 2.57. The molecule has 0 aromatic rings. The van der Waals surface area contributed by atoms with Crippen molar-refractivity contribution in [3.63, 3.8) is 0 Å². The standard InChI is InChI=1S/C9H11NO2/c11-8-6-4-1-2-5(3-4)7(6)9(12)10-8/h4-7H,1-3H2,(H,10,11,12)/t4-,5+,6-,7?/m0/s1. The molecule has 3 heteroatoms. The summed E-state index contributed by atoms with van der Waals surface area (Å²) in [5.41, 5.74) is 0. The van der Waals surface area contributed by atoms with Crippen molar-refractivity contribution < 1.29 is 9.59 Å². The summed E-state index contributed by atoms with van der Waals surface area (Å²) in [4.78, 5) is 22.6. The fourth-order valence-corrected chi connectivity index (χ4v) is 3.33. The second-order valence-corrected chi connectivity index (χ2v) is 4.24. The predicted molar refractivity (Wildman–Crippen MR) is 41.0 cm³/mol. The van der Waals surface area contributed by atoms with Gasteiger partial charge in [0.2, 0.25) is 11.8 Å². The van der Waals surface area contributed by atoms with Crippen LogP contribution in [-0.2, 0) is 9.59 Å². The highest BCUT2D eigenvalue weighted by molar-refractivity contribution is 6.05. The van der Waals surface area contributed by atoms with Crippen molar-refractivity contribution in [1.82, 2.24) is 5.32 Å². The topological polar surface area (TPSA) is 46.2 Å². The largest absolute Gasteiger partial charge is 0.296 e. The molecule has 3 rings (SSSR count). The Morgan fingerprint density at radius 1 is 1.00 bits per heavy atom. The molecule has 0 spiro atoms. The van der Waals surface area contributed by atoms with Crippen LogP contribution in [0.2, 0.25) is 0 Å². The first-order valence-electron chi connectivity index (χ1n) is 4.62. The van der Waals surface area contributed by atoms with Crippen molar-refractivity contribution in [2.24, 2.45) is 23.7 Å². The van der Waals surface area contributed by atoms with Gasteiger partial charge in [0.1, 0.15) is 0 Å². The summed E-state index contributed by atoms with van der Waals surface area (Å²) in [6.45, 7) is 0. The van der Waals surface area contributed by atoms with Crippen LogP contribution in [0.3, 0.4) is 0 Å². The normalized spacial score (nSPS) is 49.7. The number of hydrogen-bond acceptors (Lipinski definition) is 2. The summed E-state index contributed by atoms with van der Waals surface area (Å²) in [5.74, 6) is 1.14. The van der Waals surface area contributed by atoms with E-state index in [9.17, 15) is 9.59 Å². The van der Waals surface area contributed by atoms with Crippen LogP contribution in [0.15, 0.2) is 0 Å². The molecule has 2 amide bonds. The Balaban J connectivity index is 2.03. The van der Waals surface area contributed by atoms with Crippen LogP contribution in [0.25, 0.3) is 0 Å². The molecule has 0 aromatic carbocycles. The van der Waals surface area contributed by atoms with E-state index in [2.05, 4.69) is 5.32 Å². The van der Waals surface area contributed by atoms with E-state index in [1.165, 1.54) is 0 Å². The molecule has 2 bridgehead atoms. The van der Waals surface area contributed by atoms with E-state index in [0.29, 0.717) is 11.8 Å². The Labute approximate surface area is 70.5 Å². The average Bonchev–Trinajstić information content (AvgIpc) is 2.64. The SMILES string of the molecule is O=C1NC(=O)[C@@H]2C1[C@@H]1CC[C@H]2C1. The zero-order valence-electron chi connectivity index (χ0n) is 6.75. The number of rotatable bonds is 0. The molecule has 1 saturated heterocycles. The molecule has 12 heavy (non-hydrogen) atoms. The molecule has 2 saturated carbocycles. The van der Waals surface area contributed by atoms with Gasteiger partial charge in [-0.1, -0.05) is 0 Å². The smallest absolute Gasteiger partial charge is 0.230 e. The van der Waals surface area contributed by atoms with Crippen molar-refractivity contribution >= 4 is 11.8 Å². The van der Waals surface area contributed by atoms with Crippen LogP contribution >= 0.6 is 0 Å². The van der Waals surface area contributed by atoms with Crippen molar-refractivity contribution in [1.29, 1.82) is 0 Å². The number of fused-ring (bicyclic) bond motifs is 5. The van der Waals surface area contributed by atoms with Gasteiger partial charge in [-0.2, -0.15) is 0 Å². The second-order valence-electron chi connectivity index (χ2n) is 4.24. The number of hydrogen-bond donors (Lipinski definition) is 1. The number of carbonyl (C=O) groups excluding carboxylic acids is 2. The maximum Gasteiger partial charge on any atom is 0.230 e. The molecule has 4 atom stereocenters. The monoisotopic (exact) mass is 165 g/mol. The maximum absolute atomic E-state index is 11.3. The average molecular weight is 165 g/mol. The molecule has 1 unspecified atom stereocenters. The zero-order chi connectivity index (χ0) is 8.29. The molecular weight excluding hydrogens is 154 g/mol. The first-order chi connectivity index (χ1) is 5.77. The van der Waals surface area contributed by atoms with E-state index in [0.717, 1.165) is 19.3 Å². The fourth-order valence-electron chi connectivity index (χ4n) is 3.33. The highest BCUT2D eigenvalue weighted by atomic mass is 16.2. The molecule has 3 aliphatic rings. The van der Waals surface area contributed by atoms with Crippen LogP contribution in [0.1, 0.15) is 19.3 Å². The van der Waals surface area contributed by atoms with Crippen molar-refractivity contribution in [2.75, 3.05) is 0 Å². The summed E-state index contributed by atoms with van der Waals surface area (Å²) in [6.07, 6.45) is 3.44. The van der Waals surface area contributed by atoms with Gasteiger partial charge in [0.25, 0.3) is 0 Å². The summed E-state index contributed by atoms with van der Waals surface area (Å²) < 4.78 is 0. The van der Waals surface area contributed by atoms with Crippen LogP contribution < -0.4 is 5.32 Å². The van der Waals surface area contributed by atoms with E-state index in [-0.39, 0.29) is 23.7 Å². The lowest BCUT2D eigenvalue weighted by molar-refractivity contribution is -0.126. The number of carbonyl (C=O) groups is 2. The molecule has 3 nitrogen and oxygen atoms in total. The Hall–Kier alpha value is -0.860. The third-order valence-electron chi connectivity index (χ3n) is 3.77. The van der Waals surface area contributed by atoms with Gasteiger partial charge in [-0.15, -0.1) is 0 Å². The zero-order valence-corrected chi connectivity index (χ0v) is 6.75. The van der Waals surface area contributed by atoms with E-state index < -0.39 is 0 Å². The Morgan fingerprint density at radius 2 is 1.50 bits per heavy atom. The summed E-state index contributed by atoms with van der Waals surface area (Å²) in [5, 5.41) is 2.44. The van der Waals surface area contributed by atoms with Gasteiger partial charge in [-0.25, -0.2) is 0 Å². The lowest BCUT2D eigenvalue weighted by Gasteiger charge is -2.19. The maximum atomic E-state index is 11.3. The molecule has 0 aromatic heterocycles. The van der Waals surface area contributed by atoms with Crippen LogP contribution in [0, 0.1) is 23.7 Å². The van der Waals surface area contributed by atoms with E-state index in [1.54, 1.807) is 0 Å². The van der Waals surface area contributed by atoms with E-state index >= 15 is 0 Å². The molecule has 2 aliphatic carbocycles. The van der Waals surface area contributed by atoms with Crippen molar-refractivity contribution in [3.05, 3.63) is 0 Å². The molecule has 1 heterocycles. The number of imide groups is 1. The second kappa shape index (κ2) is 1.90. The van der Waals surface area contributed by atoms with Crippen LogP contribution in [0.4, 0.5) is 0 Å². The lowest BCUT2D eigenvalue weighted by Crippen LogP contribution is -2.24. The summed E-state index contributed by atoms with van der Waals surface area (Å²) >= 11 is 0. The minimum absolute atomic E-state index is 0.00259. The summed E-state index contributed by atoms with van der Waals surface area (Å²) in [6, 6.07) is 0. The highest BCUT2D eigenvalue weighted by Crippen LogP contribution is 2.54. The first kappa shape index (κ1) is 6.63. The van der Waals surface area contributed by atoms with Gasteiger partial charge in [0, 0.05) is 0 Å². The summed E-state index contributed by atoms with van der Waals surface area (Å²) in [7, 11) is 0. The molecule has 1 N–H and O–H groups in total. The molecule has 3 fully saturated rings. The minimum atomic E-state index is -0.00259. The third kappa shape index (κ3) is 0.586. The minimum Gasteiger partial charge on any atom is -0.296 e. The van der Waals surface area contributed by atoms with Gasteiger partial charge in [0.05, 0.1) is 11.8 Å². The predicted octanol–water partition coefficient (Wildman–Crippen LogP) is 0.305. The Bertz CT molecular complexity index is 248. The van der Waals surface area contributed by atoms with Gasteiger partial charge in [0.15, 0.2) is 0 Å². The Kier molecular flexibility index (Phi) is 1.05. The van der Waals surface area contributed by atoms with Gasteiger partial charge >= 0.3 is 0 Å². The molecule has 64 valence electrons. The molecule has 0 radical (unpaired) electrons. The first-order valence-corrected chi connectivity index (χ1v) is 4.62. The quantitative estimate of drug-likeness (QED) is 0.525. The van der Waals surface area contributed by atoms with E-state index in [4.69, 9.17) is 0 Å². The van der Waals surface area contributed by atoms with Crippen molar-refractivity contribution in [3.8, 4) is 0 Å². The lowest BCUT2D eigenvalue weighted by atomic mass is 9.81. The van der Waals surface area contributed by atoms with Gasteiger partial charge < -0.3 is 0 Å². The van der Waals surface area contributed by atoms with E-state index in [1.807, 2.05) is 0 Å².